The van der Waals surface area contributed by atoms with Gasteiger partial charge in [-0.15, -0.1) is 0 Å². The first kappa shape index (κ1) is 22.1. The maximum absolute atomic E-state index is 13.2. The average Bonchev–Trinajstić information content (AvgIpc) is 2.93. The third-order valence-electron chi connectivity index (χ3n) is 4.86. The van der Waals surface area contributed by atoms with Crippen molar-refractivity contribution in [2.75, 3.05) is 36.2 Å². The maximum atomic E-state index is 13.2. The van der Waals surface area contributed by atoms with Crippen molar-refractivity contribution < 1.29 is 14.4 Å². The van der Waals surface area contributed by atoms with Gasteiger partial charge in [0.05, 0.1) is 5.57 Å². The lowest BCUT2D eigenvalue weighted by atomic mass is 10.0. The number of amides is 3. The molecule has 2 aromatic rings. The Morgan fingerprint density at radius 3 is 2.03 bits per heavy atom. The minimum absolute atomic E-state index is 0.148. The number of hydrogen-bond donors (Lipinski definition) is 2. The van der Waals surface area contributed by atoms with Crippen molar-refractivity contribution in [2.24, 2.45) is 5.92 Å². The van der Waals surface area contributed by atoms with Crippen molar-refractivity contribution in [1.29, 1.82) is 0 Å². The zero-order valence-corrected chi connectivity index (χ0v) is 18.5. The Bertz CT molecular complexity index is 1020. The summed E-state index contributed by atoms with van der Waals surface area (Å²) in [7, 11) is 3.91. The molecule has 3 amide bonds. The molecule has 2 N–H and O–H groups in total. The van der Waals surface area contributed by atoms with Crippen LogP contribution in [0.3, 0.4) is 0 Å². The van der Waals surface area contributed by atoms with E-state index in [1.807, 2.05) is 57.1 Å². The van der Waals surface area contributed by atoms with E-state index in [0.29, 0.717) is 23.4 Å². The summed E-state index contributed by atoms with van der Waals surface area (Å²) in [6.07, 6.45) is 0. The zero-order valence-electron chi connectivity index (χ0n) is 18.5. The van der Waals surface area contributed by atoms with Crippen LogP contribution in [-0.4, -0.2) is 43.3 Å². The standard InChI is InChI=1S/C24H28N4O3/c1-15(2)14-28-23(30)21(17-6-8-18(9-7-17)25-16(3)29)22(24(28)31)26-19-10-12-20(13-11-19)27(4)5/h6-13,15,26H,14H2,1-5H3,(H,25,29). The van der Waals surface area contributed by atoms with Gasteiger partial charge in [0.15, 0.2) is 0 Å². The van der Waals surface area contributed by atoms with Crippen LogP contribution in [0.4, 0.5) is 17.1 Å². The average molecular weight is 421 g/mol. The number of carbonyl (C=O) groups excluding carboxylic acids is 3. The Labute approximate surface area is 182 Å². The second-order valence-electron chi connectivity index (χ2n) is 8.19. The van der Waals surface area contributed by atoms with Gasteiger partial charge in [0.1, 0.15) is 5.70 Å². The molecule has 0 aromatic heterocycles. The summed E-state index contributed by atoms with van der Waals surface area (Å²) in [6, 6.07) is 14.6. The van der Waals surface area contributed by atoms with Crippen molar-refractivity contribution >= 4 is 40.4 Å². The van der Waals surface area contributed by atoms with Crippen molar-refractivity contribution in [1.82, 2.24) is 4.90 Å². The minimum Gasteiger partial charge on any atom is -0.378 e. The lowest BCUT2D eigenvalue weighted by Gasteiger charge is -2.17. The lowest BCUT2D eigenvalue weighted by Crippen LogP contribution is -2.35. The quantitative estimate of drug-likeness (QED) is 0.670. The summed E-state index contributed by atoms with van der Waals surface area (Å²) in [5.41, 5.74) is 3.59. The Kier molecular flexibility index (Phi) is 6.44. The number of benzene rings is 2. The van der Waals surface area contributed by atoms with E-state index >= 15 is 0 Å². The molecule has 7 nitrogen and oxygen atoms in total. The molecule has 0 atom stereocenters. The fourth-order valence-corrected chi connectivity index (χ4v) is 3.40. The predicted octanol–water partition coefficient (Wildman–Crippen LogP) is 3.56. The molecule has 0 saturated heterocycles. The van der Waals surface area contributed by atoms with Crippen LogP contribution in [0, 0.1) is 5.92 Å². The highest BCUT2D eigenvalue weighted by Gasteiger charge is 2.39. The van der Waals surface area contributed by atoms with Gasteiger partial charge in [-0.3, -0.25) is 19.3 Å². The normalized spacial score (nSPS) is 13.8. The van der Waals surface area contributed by atoms with E-state index in [-0.39, 0.29) is 29.3 Å². The van der Waals surface area contributed by atoms with Gasteiger partial charge in [-0.2, -0.15) is 0 Å². The molecule has 7 heteroatoms. The molecular weight excluding hydrogens is 392 g/mol. The second-order valence-corrected chi connectivity index (χ2v) is 8.19. The van der Waals surface area contributed by atoms with Crippen LogP contribution < -0.4 is 15.5 Å². The molecule has 1 aliphatic heterocycles. The number of nitrogens with zero attached hydrogens (tertiary/aromatic N) is 2. The van der Waals surface area contributed by atoms with Crippen molar-refractivity contribution in [3.05, 3.63) is 59.8 Å². The highest BCUT2D eigenvalue weighted by atomic mass is 16.2. The molecule has 2 aromatic carbocycles. The third-order valence-corrected chi connectivity index (χ3v) is 4.86. The third kappa shape index (κ3) is 4.94. The Balaban J connectivity index is 1.99. The van der Waals surface area contributed by atoms with E-state index in [9.17, 15) is 14.4 Å². The van der Waals surface area contributed by atoms with E-state index in [2.05, 4.69) is 10.6 Å². The molecule has 0 aliphatic carbocycles. The number of imide groups is 1. The molecule has 3 rings (SSSR count). The molecule has 0 bridgehead atoms. The van der Waals surface area contributed by atoms with E-state index < -0.39 is 0 Å². The van der Waals surface area contributed by atoms with Crippen LogP contribution in [0.25, 0.3) is 5.57 Å². The molecule has 0 fully saturated rings. The van der Waals surface area contributed by atoms with E-state index in [1.54, 1.807) is 24.3 Å². The van der Waals surface area contributed by atoms with Crippen molar-refractivity contribution in [2.45, 2.75) is 20.8 Å². The van der Waals surface area contributed by atoms with Gasteiger partial charge < -0.3 is 15.5 Å². The van der Waals surface area contributed by atoms with Crippen LogP contribution in [0.1, 0.15) is 26.3 Å². The highest BCUT2D eigenvalue weighted by Crippen LogP contribution is 2.32. The molecule has 0 radical (unpaired) electrons. The first-order valence-corrected chi connectivity index (χ1v) is 10.2. The summed E-state index contributed by atoms with van der Waals surface area (Å²) in [6.45, 7) is 5.71. The molecular formula is C24H28N4O3. The van der Waals surface area contributed by atoms with Crippen LogP contribution in [-0.2, 0) is 14.4 Å². The fourth-order valence-electron chi connectivity index (χ4n) is 3.40. The molecule has 162 valence electrons. The first-order valence-electron chi connectivity index (χ1n) is 10.2. The topological polar surface area (TPSA) is 81.8 Å². The molecule has 0 unspecified atom stereocenters. The predicted molar refractivity (Wildman–Crippen MR) is 124 cm³/mol. The van der Waals surface area contributed by atoms with Crippen molar-refractivity contribution in [3.8, 4) is 0 Å². The fraction of sp³-hybridized carbons (Fsp3) is 0.292. The highest BCUT2D eigenvalue weighted by molar-refractivity contribution is 6.36. The van der Waals surface area contributed by atoms with Crippen molar-refractivity contribution in [3.63, 3.8) is 0 Å². The molecule has 31 heavy (non-hydrogen) atoms. The first-order chi connectivity index (χ1) is 14.7. The Hall–Kier alpha value is -3.61. The largest absolute Gasteiger partial charge is 0.378 e. The number of carbonyl (C=O) groups is 3. The summed E-state index contributed by atoms with van der Waals surface area (Å²) >= 11 is 0. The summed E-state index contributed by atoms with van der Waals surface area (Å²) in [4.78, 5) is 40.9. The van der Waals surface area contributed by atoms with Gasteiger partial charge in [0.25, 0.3) is 11.8 Å². The number of nitrogens with one attached hydrogen (secondary N) is 2. The van der Waals surface area contributed by atoms with E-state index in [0.717, 1.165) is 11.4 Å². The van der Waals surface area contributed by atoms with Gasteiger partial charge in [-0.05, 0) is 47.9 Å². The van der Waals surface area contributed by atoms with Gasteiger partial charge in [0.2, 0.25) is 5.91 Å². The second kappa shape index (κ2) is 9.04. The van der Waals surface area contributed by atoms with Gasteiger partial charge in [0, 0.05) is 44.6 Å². The van der Waals surface area contributed by atoms with Crippen LogP contribution in [0.15, 0.2) is 54.2 Å². The molecule has 0 spiro atoms. The van der Waals surface area contributed by atoms with Gasteiger partial charge >= 0.3 is 0 Å². The van der Waals surface area contributed by atoms with Crippen LogP contribution in [0.2, 0.25) is 0 Å². The number of rotatable bonds is 7. The zero-order chi connectivity index (χ0) is 22.7. The SMILES string of the molecule is CC(=O)Nc1ccc(C2=C(Nc3ccc(N(C)C)cc3)C(=O)N(CC(C)C)C2=O)cc1. The van der Waals surface area contributed by atoms with E-state index in [4.69, 9.17) is 0 Å². The Morgan fingerprint density at radius 1 is 0.935 bits per heavy atom. The summed E-state index contributed by atoms with van der Waals surface area (Å²) < 4.78 is 0. The van der Waals surface area contributed by atoms with Gasteiger partial charge in [-0.25, -0.2) is 0 Å². The Morgan fingerprint density at radius 2 is 1.52 bits per heavy atom. The van der Waals surface area contributed by atoms with E-state index in [1.165, 1.54) is 11.8 Å². The molecule has 1 heterocycles. The number of anilines is 3. The summed E-state index contributed by atoms with van der Waals surface area (Å²) in [5.74, 6) is -0.685. The monoisotopic (exact) mass is 420 g/mol. The maximum Gasteiger partial charge on any atom is 0.278 e. The van der Waals surface area contributed by atoms with Gasteiger partial charge in [-0.1, -0.05) is 26.0 Å². The lowest BCUT2D eigenvalue weighted by molar-refractivity contribution is -0.137. The smallest absolute Gasteiger partial charge is 0.278 e. The van der Waals surface area contributed by atoms with Crippen LogP contribution >= 0.6 is 0 Å². The molecule has 0 saturated carbocycles. The minimum atomic E-state index is -0.337. The number of hydrogen-bond acceptors (Lipinski definition) is 5. The molecule has 1 aliphatic rings. The summed E-state index contributed by atoms with van der Waals surface area (Å²) in [5, 5.41) is 5.87. The van der Waals surface area contributed by atoms with Crippen LogP contribution in [0.5, 0.6) is 0 Å².